The number of nitrogens with zero attached hydrogens (tertiary/aromatic N) is 2. The number of hydrogen-bond acceptors (Lipinski definition) is 4. The molecule has 0 amide bonds. The fourth-order valence-electron chi connectivity index (χ4n) is 0.603. The molecule has 0 radical (unpaired) electrons. The lowest BCUT2D eigenvalue weighted by molar-refractivity contribution is 0.426. The molecule has 4 nitrogen and oxygen atoms in total. The highest BCUT2D eigenvalue weighted by Gasteiger charge is 2.22. The molecule has 1 saturated heterocycles. The van der Waals surface area contributed by atoms with E-state index < -0.39 is 0 Å². The lowest BCUT2D eigenvalue weighted by Crippen LogP contribution is -1.87. The quantitative estimate of drug-likeness (QED) is 0.506. The van der Waals surface area contributed by atoms with Crippen molar-refractivity contribution in [1.82, 2.24) is 15.4 Å². The second kappa shape index (κ2) is 2.59. The molecule has 1 N–H and O–H groups in total. The SMILES string of the molecule is c1n[nH]nc1SCC1CO1. The van der Waals surface area contributed by atoms with Gasteiger partial charge in [0.2, 0.25) is 0 Å². The minimum absolute atomic E-state index is 0.460. The van der Waals surface area contributed by atoms with E-state index in [9.17, 15) is 0 Å². The number of aromatic amines is 1. The van der Waals surface area contributed by atoms with Crippen molar-refractivity contribution in [2.24, 2.45) is 0 Å². The van der Waals surface area contributed by atoms with Gasteiger partial charge >= 0.3 is 0 Å². The van der Waals surface area contributed by atoms with Crippen molar-refractivity contribution in [2.75, 3.05) is 12.4 Å². The first-order chi connectivity index (χ1) is 4.95. The van der Waals surface area contributed by atoms with Gasteiger partial charge in [-0.25, -0.2) is 0 Å². The fraction of sp³-hybridized carbons (Fsp3) is 0.600. The van der Waals surface area contributed by atoms with Crippen LogP contribution in [-0.4, -0.2) is 33.9 Å². The molecule has 0 bridgehead atoms. The molecule has 1 aromatic heterocycles. The summed E-state index contributed by atoms with van der Waals surface area (Å²) in [6.07, 6.45) is 2.18. The molecule has 0 spiro atoms. The minimum atomic E-state index is 0.460. The van der Waals surface area contributed by atoms with Crippen LogP contribution >= 0.6 is 11.8 Å². The van der Waals surface area contributed by atoms with Crippen LogP contribution in [0.1, 0.15) is 0 Å². The van der Waals surface area contributed by atoms with Crippen molar-refractivity contribution < 1.29 is 4.74 Å². The topological polar surface area (TPSA) is 54.1 Å². The zero-order chi connectivity index (χ0) is 6.81. The molecular weight excluding hydrogens is 150 g/mol. The first-order valence-electron chi connectivity index (χ1n) is 3.05. The zero-order valence-electron chi connectivity index (χ0n) is 5.28. The molecule has 0 aliphatic carbocycles. The van der Waals surface area contributed by atoms with Gasteiger partial charge in [0.05, 0.1) is 18.9 Å². The molecule has 1 fully saturated rings. The number of hydrogen-bond donors (Lipinski definition) is 1. The maximum Gasteiger partial charge on any atom is 0.138 e. The van der Waals surface area contributed by atoms with Gasteiger partial charge in [-0.05, 0) is 0 Å². The fourth-order valence-corrected chi connectivity index (χ4v) is 1.38. The molecule has 2 heterocycles. The Morgan fingerprint density at radius 1 is 1.90 bits per heavy atom. The van der Waals surface area contributed by atoms with Crippen LogP contribution in [0.5, 0.6) is 0 Å². The van der Waals surface area contributed by atoms with Gasteiger partial charge in [0.15, 0.2) is 0 Å². The van der Waals surface area contributed by atoms with E-state index in [4.69, 9.17) is 4.74 Å². The highest BCUT2D eigenvalue weighted by Crippen LogP contribution is 2.20. The van der Waals surface area contributed by atoms with Gasteiger partial charge < -0.3 is 4.74 Å². The van der Waals surface area contributed by atoms with E-state index in [0.29, 0.717) is 6.10 Å². The van der Waals surface area contributed by atoms with E-state index >= 15 is 0 Å². The molecule has 1 atom stereocenters. The van der Waals surface area contributed by atoms with E-state index in [1.807, 2.05) is 0 Å². The van der Waals surface area contributed by atoms with E-state index in [1.54, 1.807) is 18.0 Å². The van der Waals surface area contributed by atoms with Crippen molar-refractivity contribution in [3.05, 3.63) is 6.20 Å². The normalized spacial score (nSPS) is 23.0. The Balaban J connectivity index is 1.79. The van der Waals surface area contributed by atoms with Crippen molar-refractivity contribution in [3.8, 4) is 0 Å². The summed E-state index contributed by atoms with van der Waals surface area (Å²) in [6, 6.07) is 0. The van der Waals surface area contributed by atoms with Crippen molar-refractivity contribution in [2.45, 2.75) is 11.1 Å². The van der Waals surface area contributed by atoms with Crippen LogP contribution in [-0.2, 0) is 4.74 Å². The van der Waals surface area contributed by atoms with Crippen LogP contribution in [0.4, 0.5) is 0 Å². The summed E-state index contributed by atoms with van der Waals surface area (Å²) < 4.78 is 5.03. The first-order valence-corrected chi connectivity index (χ1v) is 4.04. The number of rotatable bonds is 3. The summed E-state index contributed by atoms with van der Waals surface area (Å²) in [4.78, 5) is 0. The molecule has 1 aromatic rings. The van der Waals surface area contributed by atoms with Crippen molar-refractivity contribution in [3.63, 3.8) is 0 Å². The molecule has 2 rings (SSSR count). The van der Waals surface area contributed by atoms with E-state index in [0.717, 1.165) is 17.4 Å². The molecule has 5 heteroatoms. The molecule has 0 aromatic carbocycles. The Kier molecular flexibility index (Phi) is 1.60. The molecule has 0 saturated carbocycles. The smallest absolute Gasteiger partial charge is 0.138 e. The monoisotopic (exact) mass is 157 g/mol. The highest BCUT2D eigenvalue weighted by molar-refractivity contribution is 7.99. The number of aromatic nitrogens is 3. The van der Waals surface area contributed by atoms with Crippen LogP contribution in [0, 0.1) is 0 Å². The molecule has 54 valence electrons. The molecule has 1 aliphatic rings. The van der Waals surface area contributed by atoms with Crippen LogP contribution in [0.3, 0.4) is 0 Å². The average Bonchev–Trinajstić information content (AvgIpc) is 2.63. The molecule has 10 heavy (non-hydrogen) atoms. The number of nitrogens with one attached hydrogen (secondary N) is 1. The lowest BCUT2D eigenvalue weighted by atomic mass is 10.6. The largest absolute Gasteiger partial charge is 0.372 e. The standard InChI is InChI=1S/C5H7N3OS/c1-5(7-8-6-1)10-3-4-2-9-4/h1,4H,2-3H2,(H,6,7,8). The second-order valence-electron chi connectivity index (χ2n) is 2.07. The van der Waals surface area contributed by atoms with Gasteiger partial charge in [-0.3, -0.25) is 0 Å². The number of epoxide rings is 1. The predicted molar refractivity (Wildman–Crippen MR) is 36.8 cm³/mol. The van der Waals surface area contributed by atoms with Gasteiger partial charge in [0.1, 0.15) is 5.03 Å². The Hall–Kier alpha value is -0.550. The summed E-state index contributed by atoms with van der Waals surface area (Å²) >= 11 is 1.67. The Morgan fingerprint density at radius 3 is 3.40 bits per heavy atom. The third-order valence-electron chi connectivity index (χ3n) is 1.21. The van der Waals surface area contributed by atoms with Crippen molar-refractivity contribution in [1.29, 1.82) is 0 Å². The Bertz CT molecular complexity index is 197. The Morgan fingerprint density at radius 2 is 2.80 bits per heavy atom. The van der Waals surface area contributed by atoms with Crippen LogP contribution in [0.2, 0.25) is 0 Å². The number of H-pyrrole nitrogens is 1. The van der Waals surface area contributed by atoms with Gasteiger partial charge in [0, 0.05) is 5.75 Å². The first kappa shape index (κ1) is 6.18. The third kappa shape index (κ3) is 1.48. The summed E-state index contributed by atoms with van der Waals surface area (Å²) in [5.74, 6) is 0.993. The van der Waals surface area contributed by atoms with Gasteiger partial charge in [-0.2, -0.15) is 10.3 Å². The van der Waals surface area contributed by atoms with Crippen LogP contribution in [0.15, 0.2) is 11.2 Å². The van der Waals surface area contributed by atoms with Crippen molar-refractivity contribution >= 4 is 11.8 Å². The van der Waals surface area contributed by atoms with Gasteiger partial charge in [-0.15, -0.1) is 16.9 Å². The summed E-state index contributed by atoms with van der Waals surface area (Å²) in [5.41, 5.74) is 0. The van der Waals surface area contributed by atoms with Crippen LogP contribution in [0.25, 0.3) is 0 Å². The Labute approximate surface area is 62.3 Å². The lowest BCUT2D eigenvalue weighted by Gasteiger charge is -1.88. The predicted octanol–water partition coefficient (Wildman–Crippen LogP) is 0.296. The zero-order valence-corrected chi connectivity index (χ0v) is 6.10. The number of thioether (sulfide) groups is 1. The molecular formula is C5H7N3OS. The summed E-state index contributed by atoms with van der Waals surface area (Å²) in [6.45, 7) is 0.908. The van der Waals surface area contributed by atoms with Gasteiger partial charge in [-0.1, -0.05) is 0 Å². The third-order valence-corrected chi connectivity index (χ3v) is 2.24. The maximum atomic E-state index is 5.03. The van der Waals surface area contributed by atoms with E-state index in [2.05, 4.69) is 15.4 Å². The average molecular weight is 157 g/mol. The second-order valence-corrected chi connectivity index (χ2v) is 3.11. The molecule has 1 aliphatic heterocycles. The minimum Gasteiger partial charge on any atom is -0.372 e. The highest BCUT2D eigenvalue weighted by atomic mass is 32.2. The van der Waals surface area contributed by atoms with Gasteiger partial charge in [0.25, 0.3) is 0 Å². The van der Waals surface area contributed by atoms with E-state index in [1.165, 1.54) is 0 Å². The number of ether oxygens (including phenoxy) is 1. The van der Waals surface area contributed by atoms with Crippen LogP contribution < -0.4 is 0 Å². The maximum absolute atomic E-state index is 5.03. The van der Waals surface area contributed by atoms with E-state index in [-0.39, 0.29) is 0 Å². The summed E-state index contributed by atoms with van der Waals surface area (Å²) in [5, 5.41) is 11.1. The summed E-state index contributed by atoms with van der Waals surface area (Å²) in [7, 11) is 0. The molecule has 1 unspecified atom stereocenters.